The molecule has 0 bridgehead atoms. The molecule has 2 unspecified atom stereocenters. The number of esters is 1. The number of unbranched alkanes of at least 4 members (excludes halogenated alkanes) is 43. The lowest BCUT2D eigenvalue weighted by atomic mass is 10.0. The molecule has 0 heterocycles. The molecule has 0 aliphatic rings. The summed E-state index contributed by atoms with van der Waals surface area (Å²) >= 11 is 0. The van der Waals surface area contributed by atoms with Crippen LogP contribution in [0.3, 0.4) is 0 Å². The number of carbonyl (C=O) groups excluding carboxylic acids is 2. The number of carbonyl (C=O) groups is 2. The fourth-order valence-electron chi connectivity index (χ4n) is 9.57. The fraction of sp³-hybridized carbons (Fsp3) is 0.875. The summed E-state index contributed by atoms with van der Waals surface area (Å²) in [6.07, 6.45) is 74.7. The Morgan fingerprint density at radius 3 is 1.03 bits per heavy atom. The van der Waals surface area contributed by atoms with Crippen LogP contribution in [0.15, 0.2) is 36.5 Å². The van der Waals surface area contributed by atoms with Gasteiger partial charge in [-0.25, -0.2) is 0 Å². The second kappa shape index (κ2) is 59.6. The van der Waals surface area contributed by atoms with Crippen LogP contribution >= 0.6 is 0 Å². The number of ether oxygens (including phenoxy) is 1. The minimum Gasteiger partial charge on any atom is -0.466 e. The Morgan fingerprint density at radius 1 is 0.386 bits per heavy atom. The maximum atomic E-state index is 12.5. The quantitative estimate of drug-likeness (QED) is 0.0321. The van der Waals surface area contributed by atoms with Gasteiger partial charge in [-0.05, 0) is 83.5 Å². The van der Waals surface area contributed by atoms with E-state index in [-0.39, 0.29) is 18.5 Å². The Morgan fingerprint density at radius 2 is 0.671 bits per heavy atom. The van der Waals surface area contributed by atoms with Crippen LogP contribution in [0.1, 0.15) is 335 Å². The summed E-state index contributed by atoms with van der Waals surface area (Å²) in [7, 11) is 0. The van der Waals surface area contributed by atoms with Crippen molar-refractivity contribution in [2.45, 2.75) is 347 Å². The van der Waals surface area contributed by atoms with Crippen molar-refractivity contribution in [1.29, 1.82) is 0 Å². The minimum atomic E-state index is -0.856. The van der Waals surface area contributed by atoms with Gasteiger partial charge in [-0.1, -0.05) is 275 Å². The largest absolute Gasteiger partial charge is 0.466 e. The molecular formula is C64H121NO5. The lowest BCUT2D eigenvalue weighted by molar-refractivity contribution is -0.143. The predicted octanol–water partition coefficient (Wildman–Crippen LogP) is 19.6. The summed E-state index contributed by atoms with van der Waals surface area (Å²) in [4.78, 5) is 24.5. The smallest absolute Gasteiger partial charge is 0.305 e. The molecule has 0 aromatic heterocycles. The van der Waals surface area contributed by atoms with Gasteiger partial charge in [0.25, 0.3) is 0 Å². The average molecular weight is 985 g/mol. The van der Waals surface area contributed by atoms with Gasteiger partial charge >= 0.3 is 5.97 Å². The molecule has 0 aromatic rings. The summed E-state index contributed by atoms with van der Waals surface area (Å²) < 4.78 is 5.45. The Hall–Kier alpha value is -1.92. The highest BCUT2D eigenvalue weighted by atomic mass is 16.5. The van der Waals surface area contributed by atoms with Crippen molar-refractivity contribution in [2.24, 2.45) is 0 Å². The van der Waals surface area contributed by atoms with Crippen molar-refractivity contribution in [3.8, 4) is 0 Å². The van der Waals surface area contributed by atoms with Crippen molar-refractivity contribution in [2.75, 3.05) is 13.2 Å². The highest BCUT2D eigenvalue weighted by Crippen LogP contribution is 2.17. The normalized spacial score (nSPS) is 12.8. The van der Waals surface area contributed by atoms with E-state index >= 15 is 0 Å². The molecule has 6 heteroatoms. The first-order valence-electron chi connectivity index (χ1n) is 31.3. The van der Waals surface area contributed by atoms with Crippen molar-refractivity contribution in [1.82, 2.24) is 5.32 Å². The third-order valence-corrected chi connectivity index (χ3v) is 14.4. The number of rotatable bonds is 58. The van der Waals surface area contributed by atoms with Crippen molar-refractivity contribution in [3.05, 3.63) is 36.5 Å². The highest BCUT2D eigenvalue weighted by Gasteiger charge is 2.18. The molecule has 0 saturated carbocycles. The van der Waals surface area contributed by atoms with Crippen LogP contribution in [0.5, 0.6) is 0 Å². The Bertz CT molecular complexity index is 1130. The monoisotopic (exact) mass is 984 g/mol. The van der Waals surface area contributed by atoms with Crippen LogP contribution in [0.2, 0.25) is 0 Å². The Kier molecular flexibility index (Phi) is 58.0. The van der Waals surface area contributed by atoms with Crippen molar-refractivity contribution in [3.63, 3.8) is 0 Å². The van der Waals surface area contributed by atoms with Crippen LogP contribution in [0, 0.1) is 0 Å². The molecule has 6 nitrogen and oxygen atoms in total. The zero-order valence-electron chi connectivity index (χ0n) is 47.0. The second-order valence-electron chi connectivity index (χ2n) is 21.4. The summed E-state index contributed by atoms with van der Waals surface area (Å²) in [5.74, 6) is -0.101. The molecule has 2 atom stereocenters. The summed E-state index contributed by atoms with van der Waals surface area (Å²) in [6.45, 7) is 4.87. The van der Waals surface area contributed by atoms with E-state index in [1.807, 2.05) is 6.08 Å². The first-order valence-corrected chi connectivity index (χ1v) is 31.3. The Labute approximate surface area is 436 Å². The first kappa shape index (κ1) is 68.1. The van der Waals surface area contributed by atoms with Crippen molar-refractivity contribution < 1.29 is 24.5 Å². The van der Waals surface area contributed by atoms with E-state index in [9.17, 15) is 19.8 Å². The maximum absolute atomic E-state index is 12.5. The summed E-state index contributed by atoms with van der Waals surface area (Å²) in [5.41, 5.74) is 0. The molecule has 0 fully saturated rings. The SMILES string of the molecule is CCCCCC/C=C\CCCCCCCC(=O)OCCCCCC/C=C\CCCCCCCCCC(=O)NC(CO)C(O)/C=C/CCCCCCCCCCCCCCCCCCCCCCCCC. The number of hydrogen-bond donors (Lipinski definition) is 3. The fourth-order valence-corrected chi connectivity index (χ4v) is 9.57. The molecule has 3 N–H and O–H groups in total. The number of hydrogen-bond acceptors (Lipinski definition) is 5. The molecular weight excluding hydrogens is 863 g/mol. The number of aliphatic hydroxyl groups is 2. The first-order chi connectivity index (χ1) is 34.5. The summed E-state index contributed by atoms with van der Waals surface area (Å²) in [5, 5.41) is 23.2. The number of aliphatic hydroxyl groups excluding tert-OH is 2. The van der Waals surface area contributed by atoms with Gasteiger partial charge in [-0.2, -0.15) is 0 Å². The molecule has 0 aliphatic heterocycles. The van der Waals surface area contributed by atoms with E-state index in [4.69, 9.17) is 4.74 Å². The van der Waals surface area contributed by atoms with Crippen LogP contribution in [0.4, 0.5) is 0 Å². The molecule has 70 heavy (non-hydrogen) atoms. The average Bonchev–Trinajstić information content (AvgIpc) is 3.36. The van der Waals surface area contributed by atoms with E-state index < -0.39 is 12.1 Å². The number of allylic oxidation sites excluding steroid dienone is 5. The zero-order chi connectivity index (χ0) is 50.7. The predicted molar refractivity (Wildman–Crippen MR) is 306 cm³/mol. The lowest BCUT2D eigenvalue weighted by Crippen LogP contribution is -2.45. The second-order valence-corrected chi connectivity index (χ2v) is 21.4. The van der Waals surface area contributed by atoms with E-state index in [2.05, 4.69) is 43.5 Å². The molecule has 0 rings (SSSR count). The molecule has 0 radical (unpaired) electrons. The third-order valence-electron chi connectivity index (χ3n) is 14.4. The van der Waals surface area contributed by atoms with E-state index in [0.717, 1.165) is 70.6 Å². The van der Waals surface area contributed by atoms with Gasteiger partial charge in [-0.3, -0.25) is 9.59 Å². The lowest BCUT2D eigenvalue weighted by Gasteiger charge is -2.20. The van der Waals surface area contributed by atoms with Gasteiger partial charge in [0, 0.05) is 12.8 Å². The van der Waals surface area contributed by atoms with E-state index in [1.54, 1.807) is 6.08 Å². The standard InChI is InChI=1S/C64H121NO5/c1-3-5-7-9-11-13-15-17-18-19-20-21-22-23-24-25-26-27-29-33-36-40-44-48-52-56-62(67)61(60-66)65-63(68)57-53-49-45-41-37-34-30-28-31-35-39-43-47-51-55-59-70-64(69)58-54-50-46-42-38-32-16-14-12-10-8-6-4-2/h14,16,31,35,52,56,61-62,66-67H,3-13,15,17-30,32-34,36-51,53-55,57-60H2,1-2H3,(H,65,68)/b16-14-,35-31-,56-52+. The third kappa shape index (κ3) is 55.4. The number of amides is 1. The molecule has 0 aromatic carbocycles. The topological polar surface area (TPSA) is 95.9 Å². The van der Waals surface area contributed by atoms with Gasteiger partial charge in [0.1, 0.15) is 0 Å². The van der Waals surface area contributed by atoms with E-state index in [0.29, 0.717) is 19.4 Å². The van der Waals surface area contributed by atoms with Gasteiger partial charge in [0.15, 0.2) is 0 Å². The Balaban J connectivity index is 3.50. The van der Waals surface area contributed by atoms with Crippen LogP contribution < -0.4 is 5.32 Å². The molecule has 1 amide bonds. The van der Waals surface area contributed by atoms with Crippen LogP contribution in [-0.2, 0) is 14.3 Å². The van der Waals surface area contributed by atoms with Crippen molar-refractivity contribution >= 4 is 11.9 Å². The van der Waals surface area contributed by atoms with Gasteiger partial charge in [-0.15, -0.1) is 0 Å². The molecule has 0 spiro atoms. The maximum Gasteiger partial charge on any atom is 0.305 e. The van der Waals surface area contributed by atoms with E-state index in [1.165, 1.54) is 238 Å². The molecule has 412 valence electrons. The summed E-state index contributed by atoms with van der Waals surface area (Å²) in [6, 6.07) is -0.641. The molecule has 0 aliphatic carbocycles. The number of nitrogens with one attached hydrogen (secondary N) is 1. The van der Waals surface area contributed by atoms with Crippen LogP contribution in [-0.4, -0.2) is 47.4 Å². The minimum absolute atomic E-state index is 0.0201. The van der Waals surface area contributed by atoms with Gasteiger partial charge in [0.05, 0.1) is 25.4 Å². The highest BCUT2D eigenvalue weighted by molar-refractivity contribution is 5.76. The van der Waals surface area contributed by atoms with Gasteiger partial charge in [0.2, 0.25) is 5.91 Å². The molecule has 0 saturated heterocycles. The zero-order valence-corrected chi connectivity index (χ0v) is 47.0. The van der Waals surface area contributed by atoms with Gasteiger partial charge < -0.3 is 20.3 Å². The van der Waals surface area contributed by atoms with Crippen LogP contribution in [0.25, 0.3) is 0 Å².